The number of rotatable bonds is 6. The molecule has 9 heteroatoms. The van der Waals surface area contributed by atoms with Gasteiger partial charge in [-0.3, -0.25) is 4.79 Å². The molecule has 0 radical (unpaired) electrons. The van der Waals surface area contributed by atoms with Crippen molar-refractivity contribution in [3.05, 3.63) is 84.6 Å². The molecule has 3 aromatic carbocycles. The molecule has 1 amide bonds. The number of sulfonamides is 1. The molecule has 2 unspecified atom stereocenters. The van der Waals surface area contributed by atoms with Crippen LogP contribution in [-0.4, -0.2) is 30.4 Å². The van der Waals surface area contributed by atoms with E-state index in [0.29, 0.717) is 22.6 Å². The summed E-state index contributed by atoms with van der Waals surface area (Å²) in [6.07, 6.45) is 1.26. The minimum absolute atomic E-state index is 0.194. The molecular weight excluding hydrogens is 500 g/mol. The maximum absolute atomic E-state index is 13.1. The molecule has 8 nitrogen and oxygen atoms in total. The number of pyridine rings is 1. The van der Waals surface area contributed by atoms with Crippen molar-refractivity contribution in [2.24, 2.45) is 0 Å². The minimum atomic E-state index is -3.73. The molecule has 1 aromatic heterocycles. The topological polar surface area (TPSA) is 127 Å². The number of nitrogen functional groups attached to an aromatic ring is 1. The standard InChI is InChI=1S/C29H30N4O4S/c1-28(2,3)33-38(35,36)24-8-6-5-7-22(24)18-11-13-21(14-12-18)32-27(34)29(4)25(37-29)20-10-9-19-15-16-31-26(30)23(19)17-20/h5-17,25,33H,1-4H3,(H2,30,31)(H,32,34). The monoisotopic (exact) mass is 530 g/mol. The summed E-state index contributed by atoms with van der Waals surface area (Å²) in [5, 5.41) is 4.70. The first-order valence-corrected chi connectivity index (χ1v) is 13.7. The minimum Gasteiger partial charge on any atom is -0.383 e. The van der Waals surface area contributed by atoms with Crippen molar-refractivity contribution in [2.45, 2.75) is 49.8 Å². The Labute approximate surface area is 222 Å². The highest BCUT2D eigenvalue weighted by Gasteiger charge is 2.59. The van der Waals surface area contributed by atoms with Crippen LogP contribution >= 0.6 is 0 Å². The number of epoxide rings is 1. The Morgan fingerprint density at radius 2 is 1.74 bits per heavy atom. The molecule has 1 aliphatic heterocycles. The molecule has 1 aliphatic rings. The second kappa shape index (κ2) is 9.20. The van der Waals surface area contributed by atoms with Crippen LogP contribution < -0.4 is 15.8 Å². The van der Waals surface area contributed by atoms with Crippen LogP contribution in [0.25, 0.3) is 21.9 Å². The van der Waals surface area contributed by atoms with Crippen LogP contribution in [0.5, 0.6) is 0 Å². The molecular formula is C29H30N4O4S. The molecule has 0 saturated carbocycles. The maximum atomic E-state index is 13.1. The van der Waals surface area contributed by atoms with E-state index in [1.54, 1.807) is 82.4 Å². The molecule has 0 aliphatic carbocycles. The summed E-state index contributed by atoms with van der Waals surface area (Å²) in [5.74, 6) is 0.159. The average Bonchev–Trinajstić information content (AvgIpc) is 3.56. The van der Waals surface area contributed by atoms with E-state index < -0.39 is 27.3 Å². The summed E-state index contributed by atoms with van der Waals surface area (Å²) in [6, 6.07) is 21.6. The fraction of sp³-hybridized carbons (Fsp3) is 0.241. The van der Waals surface area contributed by atoms with Gasteiger partial charge in [0.1, 0.15) is 11.9 Å². The van der Waals surface area contributed by atoms with Gasteiger partial charge in [0.05, 0.1) is 4.90 Å². The second-order valence-electron chi connectivity index (χ2n) is 10.7. The molecule has 5 rings (SSSR count). The van der Waals surface area contributed by atoms with Crippen molar-refractivity contribution in [1.82, 2.24) is 9.71 Å². The number of ether oxygens (including phenoxy) is 1. The van der Waals surface area contributed by atoms with Gasteiger partial charge in [-0.2, -0.15) is 0 Å². The smallest absolute Gasteiger partial charge is 0.259 e. The Balaban J connectivity index is 1.33. The third-order valence-electron chi connectivity index (χ3n) is 6.45. The zero-order valence-corrected chi connectivity index (χ0v) is 22.5. The van der Waals surface area contributed by atoms with Gasteiger partial charge in [0.2, 0.25) is 10.0 Å². The van der Waals surface area contributed by atoms with Gasteiger partial charge in [0, 0.05) is 28.4 Å². The Kier molecular flexibility index (Phi) is 6.25. The number of hydrogen-bond donors (Lipinski definition) is 3. The predicted octanol–water partition coefficient (Wildman–Crippen LogP) is 5.03. The first kappa shape index (κ1) is 25.8. The molecule has 0 bridgehead atoms. The van der Waals surface area contributed by atoms with E-state index in [2.05, 4.69) is 15.0 Å². The number of nitrogens with one attached hydrogen (secondary N) is 2. The Bertz CT molecular complexity index is 1650. The Hall–Kier alpha value is -3.79. The highest BCUT2D eigenvalue weighted by atomic mass is 32.2. The number of anilines is 2. The highest BCUT2D eigenvalue weighted by molar-refractivity contribution is 7.89. The van der Waals surface area contributed by atoms with Gasteiger partial charge in [-0.05, 0) is 74.5 Å². The molecule has 2 atom stereocenters. The number of nitrogens with two attached hydrogens (primary N) is 1. The van der Waals surface area contributed by atoms with Crippen LogP contribution in [0, 0.1) is 0 Å². The summed E-state index contributed by atoms with van der Waals surface area (Å²) in [6.45, 7) is 7.14. The van der Waals surface area contributed by atoms with E-state index in [1.165, 1.54) is 0 Å². The lowest BCUT2D eigenvalue weighted by Crippen LogP contribution is -2.40. The van der Waals surface area contributed by atoms with E-state index >= 15 is 0 Å². The summed E-state index contributed by atoms with van der Waals surface area (Å²) < 4.78 is 34.6. The SMILES string of the molecule is CC(C)(C)NS(=O)(=O)c1ccccc1-c1ccc(NC(=O)C2(C)OC2c2ccc3ccnc(N)c3c2)cc1. The number of hydrogen-bond acceptors (Lipinski definition) is 6. The normalized spacial score (nSPS) is 19.3. The number of nitrogens with zero attached hydrogens (tertiary/aromatic N) is 1. The fourth-order valence-corrected chi connectivity index (χ4v) is 6.18. The number of aromatic nitrogens is 1. The highest BCUT2D eigenvalue weighted by Crippen LogP contribution is 2.50. The molecule has 4 N–H and O–H groups in total. The van der Waals surface area contributed by atoms with Crippen LogP contribution in [-0.2, 0) is 19.6 Å². The summed E-state index contributed by atoms with van der Waals surface area (Å²) in [4.78, 5) is 17.5. The average molecular weight is 531 g/mol. The van der Waals surface area contributed by atoms with E-state index in [9.17, 15) is 13.2 Å². The lowest BCUT2D eigenvalue weighted by atomic mass is 9.98. The van der Waals surface area contributed by atoms with Gasteiger partial charge in [0.15, 0.2) is 5.60 Å². The lowest BCUT2D eigenvalue weighted by Gasteiger charge is -2.21. The van der Waals surface area contributed by atoms with Gasteiger partial charge >= 0.3 is 0 Å². The van der Waals surface area contributed by atoms with E-state index in [-0.39, 0.29) is 10.8 Å². The lowest BCUT2D eigenvalue weighted by molar-refractivity contribution is -0.120. The summed E-state index contributed by atoms with van der Waals surface area (Å²) >= 11 is 0. The van der Waals surface area contributed by atoms with Crippen molar-refractivity contribution >= 4 is 38.2 Å². The zero-order chi connectivity index (χ0) is 27.3. The molecule has 1 fully saturated rings. The molecule has 1 saturated heterocycles. The molecule has 2 heterocycles. The summed E-state index contributed by atoms with van der Waals surface area (Å²) in [7, 11) is -3.73. The Morgan fingerprint density at radius 1 is 1.03 bits per heavy atom. The number of carbonyl (C=O) groups is 1. The van der Waals surface area contributed by atoms with Crippen LogP contribution in [0.1, 0.15) is 39.4 Å². The number of benzene rings is 3. The first-order chi connectivity index (χ1) is 17.9. The molecule has 0 spiro atoms. The van der Waals surface area contributed by atoms with Gasteiger partial charge in [-0.25, -0.2) is 18.1 Å². The predicted molar refractivity (Wildman–Crippen MR) is 149 cm³/mol. The Morgan fingerprint density at radius 3 is 2.45 bits per heavy atom. The van der Waals surface area contributed by atoms with Gasteiger partial charge in [-0.15, -0.1) is 0 Å². The van der Waals surface area contributed by atoms with E-state index in [0.717, 1.165) is 16.3 Å². The van der Waals surface area contributed by atoms with Crippen molar-refractivity contribution < 1.29 is 17.9 Å². The van der Waals surface area contributed by atoms with Crippen LogP contribution in [0.4, 0.5) is 11.5 Å². The van der Waals surface area contributed by atoms with Crippen LogP contribution in [0.3, 0.4) is 0 Å². The van der Waals surface area contributed by atoms with Crippen LogP contribution in [0.2, 0.25) is 0 Å². The first-order valence-electron chi connectivity index (χ1n) is 12.2. The maximum Gasteiger partial charge on any atom is 0.259 e. The number of fused-ring (bicyclic) bond motifs is 1. The van der Waals surface area contributed by atoms with Crippen molar-refractivity contribution in [3.8, 4) is 11.1 Å². The largest absolute Gasteiger partial charge is 0.383 e. The van der Waals surface area contributed by atoms with Gasteiger partial charge in [0.25, 0.3) is 5.91 Å². The van der Waals surface area contributed by atoms with Crippen molar-refractivity contribution in [3.63, 3.8) is 0 Å². The van der Waals surface area contributed by atoms with Gasteiger partial charge < -0.3 is 15.8 Å². The number of carbonyl (C=O) groups excluding carboxylic acids is 1. The number of amides is 1. The third-order valence-corrected chi connectivity index (χ3v) is 8.27. The quantitative estimate of drug-likeness (QED) is 0.300. The van der Waals surface area contributed by atoms with E-state index in [4.69, 9.17) is 10.5 Å². The zero-order valence-electron chi connectivity index (χ0n) is 21.6. The second-order valence-corrected chi connectivity index (χ2v) is 12.3. The molecule has 38 heavy (non-hydrogen) atoms. The van der Waals surface area contributed by atoms with Crippen LogP contribution in [0.15, 0.2) is 83.9 Å². The van der Waals surface area contributed by atoms with E-state index in [1.807, 2.05) is 24.3 Å². The van der Waals surface area contributed by atoms with Gasteiger partial charge in [-0.1, -0.05) is 42.5 Å². The third kappa shape index (κ3) is 5.00. The molecule has 196 valence electrons. The van der Waals surface area contributed by atoms with Crippen molar-refractivity contribution in [1.29, 1.82) is 0 Å². The molecule has 4 aromatic rings. The summed E-state index contributed by atoms with van der Waals surface area (Å²) in [5.41, 5.74) is 7.10. The van der Waals surface area contributed by atoms with Crippen molar-refractivity contribution in [2.75, 3.05) is 11.1 Å². The fourth-order valence-electron chi connectivity index (χ4n) is 4.53.